The number of carboxylic acids is 1. The van der Waals surface area contributed by atoms with Crippen LogP contribution in [0.4, 0.5) is 5.82 Å². The maximum Gasteiger partial charge on any atom is 0.352 e. The number of aromatic nitrogens is 4. The molecule has 1 saturated heterocycles. The Balaban J connectivity index is 1.50. The zero-order valence-electron chi connectivity index (χ0n) is 16.9. The van der Waals surface area contributed by atoms with Gasteiger partial charge in [0.2, 0.25) is 0 Å². The van der Waals surface area contributed by atoms with Crippen LogP contribution in [0.15, 0.2) is 38.7 Å². The van der Waals surface area contributed by atoms with Crippen molar-refractivity contribution in [1.82, 2.24) is 30.4 Å². The number of nitrogens with two attached hydrogens (primary N) is 1. The van der Waals surface area contributed by atoms with Gasteiger partial charge in [-0.25, -0.2) is 9.78 Å². The number of amides is 2. The molecule has 0 aliphatic carbocycles. The lowest BCUT2D eigenvalue weighted by atomic mass is 10.0. The molecule has 13 nitrogen and oxygen atoms in total. The summed E-state index contributed by atoms with van der Waals surface area (Å²) in [6, 6.07) is -0.940. The molecule has 0 spiro atoms. The quantitative estimate of drug-likeness (QED) is 0.185. The summed E-state index contributed by atoms with van der Waals surface area (Å²) < 4.78 is 0.703. The molecule has 2 atom stereocenters. The number of rotatable bonds is 8. The predicted octanol–water partition coefficient (Wildman–Crippen LogP) is -0.208. The molecule has 16 heteroatoms. The van der Waals surface area contributed by atoms with Gasteiger partial charge >= 0.3 is 5.97 Å². The number of nitrogen functional groups attached to an aromatic ring is 1. The van der Waals surface area contributed by atoms with Gasteiger partial charge < -0.3 is 21.0 Å². The van der Waals surface area contributed by atoms with E-state index in [2.05, 4.69) is 30.6 Å². The normalized spacial score (nSPS) is 20.2. The van der Waals surface area contributed by atoms with Gasteiger partial charge in [0.15, 0.2) is 10.1 Å². The van der Waals surface area contributed by atoms with E-state index in [9.17, 15) is 19.5 Å². The molecular formula is C17H16N8O5S3. The maximum atomic E-state index is 12.9. The van der Waals surface area contributed by atoms with E-state index < -0.39 is 29.2 Å². The van der Waals surface area contributed by atoms with Gasteiger partial charge in [-0.1, -0.05) is 28.3 Å². The first-order valence-corrected chi connectivity index (χ1v) is 12.1. The van der Waals surface area contributed by atoms with E-state index in [1.54, 1.807) is 5.51 Å². The fourth-order valence-corrected chi connectivity index (χ4v) is 6.14. The summed E-state index contributed by atoms with van der Waals surface area (Å²) in [6.45, 7) is 0. The molecule has 4 rings (SSSR count). The van der Waals surface area contributed by atoms with Gasteiger partial charge in [0.1, 0.15) is 41.2 Å². The lowest BCUT2D eigenvalue weighted by molar-refractivity contribution is -0.150. The fraction of sp³-hybridized carbons (Fsp3) is 0.294. The van der Waals surface area contributed by atoms with Gasteiger partial charge in [-0.3, -0.25) is 19.5 Å². The summed E-state index contributed by atoms with van der Waals surface area (Å²) in [6.07, 6.45) is 2.59. The Hall–Kier alpha value is -3.24. The van der Waals surface area contributed by atoms with Crippen molar-refractivity contribution in [3.05, 3.63) is 34.9 Å². The second-order valence-corrected chi connectivity index (χ2v) is 9.72. The molecule has 1 unspecified atom stereocenters. The molecular weight excluding hydrogens is 492 g/mol. The van der Waals surface area contributed by atoms with Crippen LogP contribution in [-0.2, 0) is 19.2 Å². The van der Waals surface area contributed by atoms with Crippen LogP contribution in [0, 0.1) is 0 Å². The molecule has 0 aromatic carbocycles. The molecule has 1 fully saturated rings. The van der Waals surface area contributed by atoms with Crippen molar-refractivity contribution in [3.63, 3.8) is 0 Å². The average molecular weight is 509 g/mol. The topological polar surface area (TPSA) is 186 Å². The summed E-state index contributed by atoms with van der Waals surface area (Å²) in [4.78, 5) is 51.4. The third kappa shape index (κ3) is 4.62. The predicted molar refractivity (Wildman–Crippen MR) is 120 cm³/mol. The van der Waals surface area contributed by atoms with Crippen LogP contribution in [0.2, 0.25) is 0 Å². The fourth-order valence-electron chi connectivity index (χ4n) is 3.17. The van der Waals surface area contributed by atoms with Gasteiger partial charge in [-0.15, -0.1) is 22.0 Å². The molecule has 172 valence electrons. The first-order valence-electron chi connectivity index (χ1n) is 9.19. The number of oxime groups is 1. The molecule has 4 heterocycles. The lowest BCUT2D eigenvalue weighted by Gasteiger charge is -2.49. The van der Waals surface area contributed by atoms with E-state index in [0.29, 0.717) is 21.4 Å². The number of nitrogens with zero attached hydrogens (tertiary/aromatic N) is 6. The standard InChI is InChI=1S/C17H16N8O5S3/c1-30-24-10(8-2-19-3-9(18)21-8)13(26)22-11-14(27)25-12(16(28)29)7(4-31-15(11)25)5-32-17-23-20-6-33-17/h2-3,6,11,15H,4-5H2,1H3,(H2,18,21)(H,22,26)(H,28,29)/t11?,15-/m0/s1. The molecule has 0 radical (unpaired) electrons. The number of hydrogen-bond acceptors (Lipinski definition) is 13. The van der Waals surface area contributed by atoms with Crippen LogP contribution >= 0.6 is 34.9 Å². The second-order valence-electron chi connectivity index (χ2n) is 6.56. The number of aliphatic carboxylic acids is 1. The molecule has 2 aliphatic rings. The molecule has 0 saturated carbocycles. The zero-order valence-corrected chi connectivity index (χ0v) is 19.3. The molecule has 2 aromatic rings. The van der Waals surface area contributed by atoms with Crippen LogP contribution in [0.25, 0.3) is 0 Å². The van der Waals surface area contributed by atoms with Crippen molar-refractivity contribution in [2.75, 3.05) is 24.3 Å². The highest BCUT2D eigenvalue weighted by atomic mass is 32.2. The number of hydrogen-bond donors (Lipinski definition) is 3. The van der Waals surface area contributed by atoms with Gasteiger partial charge in [0.25, 0.3) is 11.8 Å². The zero-order chi connectivity index (χ0) is 23.5. The monoisotopic (exact) mass is 508 g/mol. The van der Waals surface area contributed by atoms with Gasteiger partial charge in [-0.2, -0.15) is 0 Å². The van der Waals surface area contributed by atoms with Gasteiger partial charge in [0.05, 0.1) is 12.4 Å². The third-order valence-corrected chi connectivity index (χ3v) is 7.83. The number of thioether (sulfide) groups is 2. The van der Waals surface area contributed by atoms with Crippen molar-refractivity contribution < 1.29 is 24.3 Å². The van der Waals surface area contributed by atoms with Crippen LogP contribution in [0.5, 0.6) is 0 Å². The van der Waals surface area contributed by atoms with Crippen molar-refractivity contribution in [3.8, 4) is 0 Å². The number of anilines is 1. The Morgan fingerprint density at radius 3 is 2.94 bits per heavy atom. The second kappa shape index (κ2) is 9.72. The van der Waals surface area contributed by atoms with Crippen LogP contribution < -0.4 is 11.1 Å². The molecule has 0 bridgehead atoms. The summed E-state index contributed by atoms with van der Waals surface area (Å²) in [5.74, 6) is -1.65. The van der Waals surface area contributed by atoms with Gasteiger partial charge in [-0.05, 0) is 5.57 Å². The number of carbonyl (C=O) groups excluding carboxylic acids is 2. The summed E-state index contributed by atoms with van der Waals surface area (Å²) in [7, 11) is 1.26. The van der Waals surface area contributed by atoms with E-state index in [4.69, 9.17) is 10.6 Å². The summed E-state index contributed by atoms with van der Waals surface area (Å²) in [5.41, 5.74) is 7.58. The molecule has 2 aliphatic heterocycles. The molecule has 2 aromatic heterocycles. The maximum absolute atomic E-state index is 12.9. The van der Waals surface area contributed by atoms with Crippen molar-refractivity contribution in [1.29, 1.82) is 0 Å². The Labute approximate surface area is 198 Å². The third-order valence-electron chi connectivity index (χ3n) is 4.54. The highest BCUT2D eigenvalue weighted by molar-refractivity contribution is 8.01. The van der Waals surface area contributed by atoms with E-state index in [1.807, 2.05) is 0 Å². The number of carbonyl (C=O) groups is 3. The highest BCUT2D eigenvalue weighted by Crippen LogP contribution is 2.41. The molecule has 4 N–H and O–H groups in total. The van der Waals surface area contributed by atoms with Crippen molar-refractivity contribution >= 4 is 64.2 Å². The minimum absolute atomic E-state index is 0.0661. The Morgan fingerprint density at radius 1 is 1.45 bits per heavy atom. The average Bonchev–Trinajstić information content (AvgIpc) is 3.32. The van der Waals surface area contributed by atoms with E-state index in [0.717, 1.165) is 0 Å². The number of nitrogens with one attached hydrogen (secondary N) is 1. The minimum atomic E-state index is -1.21. The van der Waals surface area contributed by atoms with Crippen molar-refractivity contribution in [2.24, 2.45) is 5.16 Å². The van der Waals surface area contributed by atoms with E-state index in [1.165, 1.54) is 59.3 Å². The van der Waals surface area contributed by atoms with Crippen LogP contribution in [0.1, 0.15) is 5.69 Å². The van der Waals surface area contributed by atoms with Crippen molar-refractivity contribution in [2.45, 2.75) is 15.8 Å². The smallest absolute Gasteiger partial charge is 0.352 e. The summed E-state index contributed by atoms with van der Waals surface area (Å²) >= 11 is 4.06. The van der Waals surface area contributed by atoms with Crippen LogP contribution in [-0.4, -0.2) is 83.7 Å². The first-order chi connectivity index (χ1) is 15.9. The first kappa shape index (κ1) is 22.9. The highest BCUT2D eigenvalue weighted by Gasteiger charge is 2.54. The largest absolute Gasteiger partial charge is 0.477 e. The van der Waals surface area contributed by atoms with Crippen LogP contribution in [0.3, 0.4) is 0 Å². The lowest BCUT2D eigenvalue weighted by Crippen LogP contribution is -2.71. The summed E-state index contributed by atoms with van der Waals surface area (Å²) in [5, 5.41) is 23.1. The Bertz CT molecular complexity index is 1160. The number of β-lactam (4-membered cyclic amide) rings is 1. The van der Waals surface area contributed by atoms with E-state index in [-0.39, 0.29) is 22.9 Å². The Kier molecular flexibility index (Phi) is 6.75. The number of carboxylic acid groups (broad SMARTS) is 1. The number of fused-ring (bicyclic) bond motifs is 1. The minimum Gasteiger partial charge on any atom is -0.477 e. The molecule has 33 heavy (non-hydrogen) atoms. The Morgan fingerprint density at radius 2 is 2.27 bits per heavy atom. The SMILES string of the molecule is CON=C(C(=O)NC1C(=O)N2C(C(=O)O)=C(CSc3nncs3)CS[C@@H]12)c1cncc(N)n1. The van der Waals surface area contributed by atoms with Gasteiger partial charge in [0, 0.05) is 11.5 Å². The van der Waals surface area contributed by atoms with E-state index >= 15 is 0 Å². The molecule has 2 amide bonds.